The van der Waals surface area contributed by atoms with E-state index in [9.17, 15) is 19.8 Å². The van der Waals surface area contributed by atoms with Gasteiger partial charge in [-0.2, -0.15) is 0 Å². The number of nitrogens with one attached hydrogen (secondary N) is 1. The molecule has 0 aromatic carbocycles. The number of hydrogen-bond acceptors (Lipinski definition) is 5. The van der Waals surface area contributed by atoms with E-state index in [1.165, 1.54) is 186 Å². The zero-order chi connectivity index (χ0) is 50.9. The third kappa shape index (κ3) is 51.9. The standard InChI is InChI=1S/C64H117NO5/c1-4-7-10-13-16-19-22-25-28-30-31-33-36-39-42-45-48-51-54-57-64(69)70-60(55-52-49-46-43-40-37-34-27-24-21-18-15-12-9-6-3)58-63(68)65-61(59-66)62(67)56-53-50-47-44-41-38-35-32-29-26-23-20-17-14-11-8-5-2/h16,18-19,21,25,27-28,34,40,43,60-62,66-67H,4-15,17,20,22-24,26,29-33,35-39,41-42,44-59H2,1-3H3,(H,65,68)/b19-16-,21-18-,28-25-,34-27-,43-40-. The Bertz CT molecular complexity index is 1240. The molecule has 0 saturated carbocycles. The molecule has 0 bridgehead atoms. The lowest BCUT2D eigenvalue weighted by molar-refractivity contribution is -0.151. The molecular weight excluding hydrogens is 863 g/mol. The van der Waals surface area contributed by atoms with Gasteiger partial charge in [0.05, 0.1) is 25.2 Å². The number of aliphatic hydroxyl groups is 2. The van der Waals surface area contributed by atoms with E-state index in [0.29, 0.717) is 19.3 Å². The van der Waals surface area contributed by atoms with Crippen LogP contribution in [0.25, 0.3) is 0 Å². The fourth-order valence-corrected chi connectivity index (χ4v) is 9.18. The molecule has 0 fully saturated rings. The van der Waals surface area contributed by atoms with Gasteiger partial charge >= 0.3 is 5.97 Å². The normalized spacial score (nSPS) is 13.5. The molecule has 0 rings (SSSR count). The molecular formula is C64H117NO5. The highest BCUT2D eigenvalue weighted by atomic mass is 16.5. The first kappa shape index (κ1) is 67.6. The third-order valence-corrected chi connectivity index (χ3v) is 13.8. The molecule has 3 N–H and O–H groups in total. The number of hydrogen-bond donors (Lipinski definition) is 3. The summed E-state index contributed by atoms with van der Waals surface area (Å²) in [5, 5.41) is 23.9. The Kier molecular flexibility index (Phi) is 55.5. The van der Waals surface area contributed by atoms with E-state index in [1.54, 1.807) is 0 Å². The van der Waals surface area contributed by atoms with Crippen LogP contribution in [-0.2, 0) is 14.3 Å². The van der Waals surface area contributed by atoms with E-state index in [-0.39, 0.29) is 24.9 Å². The van der Waals surface area contributed by atoms with E-state index in [2.05, 4.69) is 86.8 Å². The van der Waals surface area contributed by atoms with Crippen LogP contribution in [0.5, 0.6) is 0 Å². The Labute approximate surface area is 435 Å². The lowest BCUT2D eigenvalue weighted by Crippen LogP contribution is -2.46. The highest BCUT2D eigenvalue weighted by Gasteiger charge is 2.24. The summed E-state index contributed by atoms with van der Waals surface area (Å²) in [5.41, 5.74) is 0. The number of unbranched alkanes of at least 4 members (excludes halogenated alkanes) is 33. The fourth-order valence-electron chi connectivity index (χ4n) is 9.18. The molecule has 3 atom stereocenters. The molecule has 1 amide bonds. The van der Waals surface area contributed by atoms with Crippen molar-refractivity contribution in [2.45, 2.75) is 328 Å². The highest BCUT2D eigenvalue weighted by Crippen LogP contribution is 2.18. The minimum Gasteiger partial charge on any atom is -0.462 e. The number of carbonyl (C=O) groups excluding carboxylic acids is 2. The molecule has 0 aliphatic heterocycles. The molecule has 0 heterocycles. The van der Waals surface area contributed by atoms with Gasteiger partial charge in [-0.05, 0) is 96.3 Å². The zero-order valence-electron chi connectivity index (χ0n) is 46.7. The Hall–Kier alpha value is -2.44. The lowest BCUT2D eigenvalue weighted by Gasteiger charge is -2.24. The summed E-state index contributed by atoms with van der Waals surface area (Å²) in [5.74, 6) is -0.506. The van der Waals surface area contributed by atoms with Crippen LogP contribution in [0.4, 0.5) is 0 Å². The van der Waals surface area contributed by atoms with Crippen LogP contribution in [0.3, 0.4) is 0 Å². The molecule has 6 nitrogen and oxygen atoms in total. The second kappa shape index (κ2) is 57.5. The van der Waals surface area contributed by atoms with E-state index in [4.69, 9.17) is 4.74 Å². The van der Waals surface area contributed by atoms with Crippen molar-refractivity contribution in [3.8, 4) is 0 Å². The van der Waals surface area contributed by atoms with Crippen LogP contribution >= 0.6 is 0 Å². The van der Waals surface area contributed by atoms with Gasteiger partial charge in [-0.15, -0.1) is 0 Å². The van der Waals surface area contributed by atoms with Crippen LogP contribution in [0.15, 0.2) is 60.8 Å². The smallest absolute Gasteiger partial charge is 0.306 e. The summed E-state index contributed by atoms with van der Waals surface area (Å²) in [7, 11) is 0. The van der Waals surface area contributed by atoms with E-state index in [1.807, 2.05) is 0 Å². The topological polar surface area (TPSA) is 95.9 Å². The van der Waals surface area contributed by atoms with Gasteiger partial charge in [0.25, 0.3) is 0 Å². The van der Waals surface area contributed by atoms with Crippen LogP contribution in [0, 0.1) is 0 Å². The summed E-state index contributed by atoms with van der Waals surface area (Å²) in [6.45, 7) is 6.45. The van der Waals surface area contributed by atoms with Gasteiger partial charge < -0.3 is 20.3 Å². The molecule has 0 aromatic rings. The van der Waals surface area contributed by atoms with Crippen molar-refractivity contribution in [3.05, 3.63) is 60.8 Å². The van der Waals surface area contributed by atoms with Gasteiger partial charge in [0, 0.05) is 6.42 Å². The quantitative estimate of drug-likeness (QED) is 0.0321. The van der Waals surface area contributed by atoms with E-state index in [0.717, 1.165) is 77.0 Å². The van der Waals surface area contributed by atoms with Crippen molar-refractivity contribution in [1.82, 2.24) is 5.32 Å². The largest absolute Gasteiger partial charge is 0.462 e. The predicted octanol–water partition coefficient (Wildman–Crippen LogP) is 19.1. The second-order valence-electron chi connectivity index (χ2n) is 20.7. The van der Waals surface area contributed by atoms with Crippen LogP contribution in [-0.4, -0.2) is 46.9 Å². The third-order valence-electron chi connectivity index (χ3n) is 13.8. The average Bonchev–Trinajstić information content (AvgIpc) is 3.35. The maximum atomic E-state index is 13.3. The van der Waals surface area contributed by atoms with Gasteiger partial charge in [0.15, 0.2) is 0 Å². The highest BCUT2D eigenvalue weighted by molar-refractivity contribution is 5.77. The molecule has 0 radical (unpaired) electrons. The van der Waals surface area contributed by atoms with Gasteiger partial charge in [0.2, 0.25) is 5.91 Å². The molecule has 6 heteroatoms. The number of rotatable bonds is 55. The van der Waals surface area contributed by atoms with Crippen LogP contribution < -0.4 is 5.32 Å². The monoisotopic (exact) mass is 980 g/mol. The van der Waals surface area contributed by atoms with E-state index >= 15 is 0 Å². The van der Waals surface area contributed by atoms with Crippen molar-refractivity contribution >= 4 is 11.9 Å². The van der Waals surface area contributed by atoms with Crippen LogP contribution in [0.2, 0.25) is 0 Å². The Morgan fingerprint density at radius 3 is 1.14 bits per heavy atom. The summed E-state index contributed by atoms with van der Waals surface area (Å²) in [4.78, 5) is 26.3. The molecule has 3 unspecified atom stereocenters. The average molecular weight is 981 g/mol. The SMILES string of the molecule is CCCCC/C=C\C/C=C\C/C=C\CCCCC(CC(=O)NC(CO)C(O)CCCCCCCCCCCCCCCCCCC)OC(=O)CCCCCCCCCCC/C=C\C/C=C\CCCCC. The minimum atomic E-state index is -0.801. The summed E-state index contributed by atoms with van der Waals surface area (Å²) >= 11 is 0. The molecule has 0 saturated heterocycles. The molecule has 70 heavy (non-hydrogen) atoms. The Balaban J connectivity index is 4.56. The molecule has 0 aliphatic carbocycles. The number of ether oxygens (including phenoxy) is 1. The number of aliphatic hydroxyl groups excluding tert-OH is 2. The van der Waals surface area contributed by atoms with Crippen molar-refractivity contribution in [2.24, 2.45) is 0 Å². The number of esters is 1. The van der Waals surface area contributed by atoms with Gasteiger partial charge in [-0.3, -0.25) is 9.59 Å². The van der Waals surface area contributed by atoms with Gasteiger partial charge in [-0.1, -0.05) is 261 Å². The summed E-state index contributed by atoms with van der Waals surface area (Å²) in [6.07, 6.45) is 72.9. The first-order chi connectivity index (χ1) is 34.5. The Morgan fingerprint density at radius 2 is 0.729 bits per heavy atom. The second-order valence-corrected chi connectivity index (χ2v) is 20.7. The molecule has 0 spiro atoms. The van der Waals surface area contributed by atoms with Crippen molar-refractivity contribution in [1.29, 1.82) is 0 Å². The van der Waals surface area contributed by atoms with Crippen molar-refractivity contribution in [2.75, 3.05) is 6.61 Å². The van der Waals surface area contributed by atoms with Gasteiger partial charge in [0.1, 0.15) is 6.10 Å². The fraction of sp³-hybridized carbons (Fsp3) is 0.812. The lowest BCUT2D eigenvalue weighted by atomic mass is 10.0. The number of amides is 1. The van der Waals surface area contributed by atoms with Gasteiger partial charge in [-0.25, -0.2) is 0 Å². The first-order valence-corrected chi connectivity index (χ1v) is 30.5. The minimum absolute atomic E-state index is 0.0502. The number of carbonyl (C=O) groups is 2. The Morgan fingerprint density at radius 1 is 0.414 bits per heavy atom. The molecule has 0 aliphatic rings. The zero-order valence-corrected chi connectivity index (χ0v) is 46.7. The van der Waals surface area contributed by atoms with Crippen molar-refractivity contribution < 1.29 is 24.5 Å². The predicted molar refractivity (Wildman–Crippen MR) is 305 cm³/mol. The molecule has 408 valence electrons. The maximum Gasteiger partial charge on any atom is 0.306 e. The van der Waals surface area contributed by atoms with E-state index < -0.39 is 18.2 Å². The van der Waals surface area contributed by atoms with Crippen molar-refractivity contribution in [3.63, 3.8) is 0 Å². The van der Waals surface area contributed by atoms with Crippen LogP contribution in [0.1, 0.15) is 310 Å². The summed E-state index contributed by atoms with van der Waals surface area (Å²) in [6, 6.07) is -0.717. The first-order valence-electron chi connectivity index (χ1n) is 30.5. The maximum absolute atomic E-state index is 13.3. The molecule has 0 aromatic heterocycles. The summed E-state index contributed by atoms with van der Waals surface area (Å²) < 4.78 is 5.95. The number of allylic oxidation sites excluding steroid dienone is 10.